The molecule has 1 aromatic heterocycles. The normalized spacial score (nSPS) is 28.6. The maximum atomic E-state index is 8.98. The van der Waals surface area contributed by atoms with Crippen LogP contribution in [-0.4, -0.2) is 47.0 Å². The van der Waals surface area contributed by atoms with Crippen LogP contribution in [0.3, 0.4) is 0 Å². The van der Waals surface area contributed by atoms with Gasteiger partial charge in [-0.15, -0.1) is 0 Å². The van der Waals surface area contributed by atoms with Crippen molar-refractivity contribution in [2.75, 3.05) is 26.2 Å². The van der Waals surface area contributed by atoms with E-state index in [2.05, 4.69) is 26.9 Å². The van der Waals surface area contributed by atoms with E-state index < -0.39 is 0 Å². The highest BCUT2D eigenvalue weighted by Crippen LogP contribution is 2.24. The second-order valence-electron chi connectivity index (χ2n) is 5.61. The van der Waals surface area contributed by atoms with Crippen molar-refractivity contribution in [2.24, 2.45) is 5.92 Å². The molecule has 4 nitrogen and oxygen atoms in total. The number of pyridine rings is 1. The van der Waals surface area contributed by atoms with Crippen LogP contribution in [0.1, 0.15) is 18.5 Å². The van der Waals surface area contributed by atoms with Crippen molar-refractivity contribution in [1.29, 1.82) is 5.26 Å². The van der Waals surface area contributed by atoms with Crippen LogP contribution in [0.15, 0.2) is 24.4 Å². The summed E-state index contributed by atoms with van der Waals surface area (Å²) < 4.78 is 0. The smallest absolute Gasteiger partial charge is 0.0669 e. The summed E-state index contributed by atoms with van der Waals surface area (Å²) in [5.41, 5.74) is 1.15. The number of aromatic nitrogens is 1. The van der Waals surface area contributed by atoms with Crippen molar-refractivity contribution in [1.82, 2.24) is 14.8 Å². The predicted octanol–water partition coefficient (Wildman–Crippen LogP) is 1.50. The lowest BCUT2D eigenvalue weighted by atomic mass is 10.1. The summed E-state index contributed by atoms with van der Waals surface area (Å²) in [4.78, 5) is 9.38. The number of hydrogen-bond acceptors (Lipinski definition) is 4. The van der Waals surface area contributed by atoms with Gasteiger partial charge in [0.25, 0.3) is 0 Å². The van der Waals surface area contributed by atoms with Crippen molar-refractivity contribution in [3.8, 4) is 6.07 Å². The van der Waals surface area contributed by atoms with E-state index >= 15 is 0 Å². The molecule has 2 fully saturated rings. The standard InChI is InChI=1S/C15H20N4/c16-9-13-4-8-19(10-13)15-5-7-18(12-15)11-14-3-1-2-6-17-14/h1-3,6,13,15H,4-5,7-8,10-12H2. The van der Waals surface area contributed by atoms with Crippen LogP contribution in [0.5, 0.6) is 0 Å². The zero-order valence-corrected chi connectivity index (χ0v) is 11.2. The summed E-state index contributed by atoms with van der Waals surface area (Å²) in [6.45, 7) is 5.29. The summed E-state index contributed by atoms with van der Waals surface area (Å²) in [6.07, 6.45) is 4.14. The lowest BCUT2D eigenvalue weighted by Crippen LogP contribution is -2.35. The van der Waals surface area contributed by atoms with Crippen molar-refractivity contribution in [3.63, 3.8) is 0 Å². The third-order valence-corrected chi connectivity index (χ3v) is 4.28. The molecule has 3 heterocycles. The Morgan fingerprint density at radius 3 is 2.95 bits per heavy atom. The Kier molecular flexibility index (Phi) is 3.77. The number of rotatable bonds is 3. The molecule has 19 heavy (non-hydrogen) atoms. The lowest BCUT2D eigenvalue weighted by Gasteiger charge is -2.23. The topological polar surface area (TPSA) is 43.2 Å². The van der Waals surface area contributed by atoms with Crippen molar-refractivity contribution in [3.05, 3.63) is 30.1 Å². The molecule has 4 heteroatoms. The van der Waals surface area contributed by atoms with E-state index in [1.165, 1.54) is 6.42 Å². The molecule has 2 aliphatic rings. The summed E-state index contributed by atoms with van der Waals surface area (Å²) in [5, 5.41) is 8.98. The lowest BCUT2D eigenvalue weighted by molar-refractivity contribution is 0.226. The maximum Gasteiger partial charge on any atom is 0.0669 e. The van der Waals surface area contributed by atoms with Gasteiger partial charge in [0.05, 0.1) is 17.7 Å². The highest BCUT2D eigenvalue weighted by atomic mass is 15.3. The van der Waals surface area contributed by atoms with Gasteiger partial charge in [0.1, 0.15) is 0 Å². The average molecular weight is 256 g/mol. The molecular formula is C15H20N4. The fraction of sp³-hybridized carbons (Fsp3) is 0.600. The van der Waals surface area contributed by atoms with Crippen LogP contribution in [0, 0.1) is 17.2 Å². The van der Waals surface area contributed by atoms with E-state index in [9.17, 15) is 0 Å². The van der Waals surface area contributed by atoms with Gasteiger partial charge in [0.15, 0.2) is 0 Å². The fourth-order valence-corrected chi connectivity index (χ4v) is 3.20. The van der Waals surface area contributed by atoms with Crippen molar-refractivity contribution in [2.45, 2.75) is 25.4 Å². The summed E-state index contributed by atoms with van der Waals surface area (Å²) in [7, 11) is 0. The van der Waals surface area contributed by atoms with E-state index in [4.69, 9.17) is 5.26 Å². The summed E-state index contributed by atoms with van der Waals surface area (Å²) in [5.74, 6) is 0.254. The molecule has 0 N–H and O–H groups in total. The monoisotopic (exact) mass is 256 g/mol. The van der Waals surface area contributed by atoms with E-state index in [0.717, 1.165) is 44.8 Å². The molecule has 2 aliphatic heterocycles. The molecule has 0 spiro atoms. The van der Waals surface area contributed by atoms with Gasteiger partial charge in [-0.1, -0.05) is 6.07 Å². The SMILES string of the molecule is N#CC1CCN(C2CCN(Cc3ccccn3)C2)C1. The Bertz CT molecular complexity index is 453. The van der Waals surface area contributed by atoms with Crippen LogP contribution < -0.4 is 0 Å². The molecule has 0 saturated carbocycles. The first-order valence-electron chi connectivity index (χ1n) is 7.11. The average Bonchev–Trinajstić information content (AvgIpc) is 3.08. The highest BCUT2D eigenvalue weighted by molar-refractivity contribution is 5.04. The molecule has 1 aromatic rings. The van der Waals surface area contributed by atoms with Gasteiger partial charge in [-0.3, -0.25) is 14.8 Å². The molecule has 0 radical (unpaired) electrons. The van der Waals surface area contributed by atoms with E-state index in [1.807, 2.05) is 18.3 Å². The van der Waals surface area contributed by atoms with Crippen molar-refractivity contribution >= 4 is 0 Å². The van der Waals surface area contributed by atoms with Crippen LogP contribution in [0.4, 0.5) is 0 Å². The molecule has 100 valence electrons. The largest absolute Gasteiger partial charge is 0.298 e. The van der Waals surface area contributed by atoms with E-state index in [0.29, 0.717) is 6.04 Å². The molecule has 0 aromatic carbocycles. The number of nitrogens with zero attached hydrogens (tertiary/aromatic N) is 4. The molecule has 2 saturated heterocycles. The molecule has 2 atom stereocenters. The number of likely N-dealkylation sites (tertiary alicyclic amines) is 2. The van der Waals surface area contributed by atoms with Gasteiger partial charge in [0, 0.05) is 38.4 Å². The Labute approximate surface area is 114 Å². The Morgan fingerprint density at radius 2 is 2.21 bits per heavy atom. The second-order valence-corrected chi connectivity index (χ2v) is 5.61. The third kappa shape index (κ3) is 2.94. The first-order chi connectivity index (χ1) is 9.35. The minimum absolute atomic E-state index is 0.254. The van der Waals surface area contributed by atoms with Gasteiger partial charge in [-0.05, 0) is 31.5 Å². The second kappa shape index (κ2) is 5.68. The molecule has 2 unspecified atom stereocenters. The zero-order chi connectivity index (χ0) is 13.1. The first kappa shape index (κ1) is 12.6. The fourth-order valence-electron chi connectivity index (χ4n) is 3.20. The Hall–Kier alpha value is -1.44. The van der Waals surface area contributed by atoms with Crippen LogP contribution in [0.25, 0.3) is 0 Å². The van der Waals surface area contributed by atoms with Gasteiger partial charge >= 0.3 is 0 Å². The molecule has 0 amide bonds. The van der Waals surface area contributed by atoms with Crippen LogP contribution in [0.2, 0.25) is 0 Å². The maximum absolute atomic E-state index is 8.98. The van der Waals surface area contributed by atoms with Crippen LogP contribution in [-0.2, 0) is 6.54 Å². The minimum Gasteiger partial charge on any atom is -0.298 e. The zero-order valence-electron chi connectivity index (χ0n) is 11.2. The highest BCUT2D eigenvalue weighted by Gasteiger charge is 2.32. The molecule has 3 rings (SSSR count). The van der Waals surface area contributed by atoms with Crippen molar-refractivity contribution < 1.29 is 0 Å². The molecular weight excluding hydrogens is 236 g/mol. The van der Waals surface area contributed by atoms with Gasteiger partial charge in [-0.25, -0.2) is 0 Å². The van der Waals surface area contributed by atoms with E-state index in [1.54, 1.807) is 0 Å². The predicted molar refractivity (Wildman–Crippen MR) is 73.2 cm³/mol. The first-order valence-corrected chi connectivity index (χ1v) is 7.11. The molecule has 0 aliphatic carbocycles. The summed E-state index contributed by atoms with van der Waals surface area (Å²) >= 11 is 0. The number of nitriles is 1. The van der Waals surface area contributed by atoms with Gasteiger partial charge in [-0.2, -0.15) is 5.26 Å². The minimum atomic E-state index is 0.254. The quantitative estimate of drug-likeness (QED) is 0.822. The van der Waals surface area contributed by atoms with Gasteiger partial charge < -0.3 is 0 Å². The van der Waals surface area contributed by atoms with E-state index in [-0.39, 0.29) is 5.92 Å². The van der Waals surface area contributed by atoms with Gasteiger partial charge in [0.2, 0.25) is 0 Å². The Morgan fingerprint density at radius 1 is 1.26 bits per heavy atom. The third-order valence-electron chi connectivity index (χ3n) is 4.28. The Balaban J connectivity index is 1.52. The molecule has 0 bridgehead atoms. The summed E-state index contributed by atoms with van der Waals surface area (Å²) in [6, 6.07) is 9.15. The number of hydrogen-bond donors (Lipinski definition) is 0. The van der Waals surface area contributed by atoms with Crippen LogP contribution >= 0.6 is 0 Å².